The zero-order chi connectivity index (χ0) is 26.3. The Hall–Kier alpha value is -2.30. The van der Waals surface area contributed by atoms with E-state index in [4.69, 9.17) is 31.5 Å². The first-order chi connectivity index (χ1) is 17.2. The quantitative estimate of drug-likeness (QED) is 0.370. The maximum absolute atomic E-state index is 15.0. The molecule has 2 aromatic rings. The molecule has 0 saturated heterocycles. The summed E-state index contributed by atoms with van der Waals surface area (Å²) < 4.78 is 59.0. The topological polar surface area (TPSA) is 127 Å². The second-order valence-electron chi connectivity index (χ2n) is 8.41. The second-order valence-corrected chi connectivity index (χ2v) is 10.6. The van der Waals surface area contributed by atoms with Gasteiger partial charge in [0.1, 0.15) is 6.10 Å². The lowest BCUT2D eigenvalue weighted by atomic mass is 10.0. The monoisotopic (exact) mass is 540 g/mol. The molecule has 3 rings (SSSR count). The van der Waals surface area contributed by atoms with Gasteiger partial charge in [-0.1, -0.05) is 11.6 Å². The fraction of sp³-hybridized carbons (Fsp3) is 0.458. The van der Waals surface area contributed by atoms with E-state index in [1.165, 1.54) is 12.1 Å². The van der Waals surface area contributed by atoms with E-state index in [-0.39, 0.29) is 29.8 Å². The minimum absolute atomic E-state index is 0.0183. The fourth-order valence-corrected chi connectivity index (χ4v) is 5.23. The number of nitrogens with two attached hydrogens (primary N) is 1. The third-order valence-electron chi connectivity index (χ3n) is 5.74. The average molecular weight is 541 g/mol. The molecule has 36 heavy (non-hydrogen) atoms. The molecule has 1 aliphatic carbocycles. The van der Waals surface area contributed by atoms with Gasteiger partial charge in [0, 0.05) is 18.1 Å². The lowest BCUT2D eigenvalue weighted by Crippen LogP contribution is -2.34. The van der Waals surface area contributed by atoms with Crippen molar-refractivity contribution in [2.75, 3.05) is 53.6 Å². The number of rotatable bonds is 13. The first-order valence-corrected chi connectivity index (χ1v) is 13.2. The van der Waals surface area contributed by atoms with Crippen LogP contribution in [0.3, 0.4) is 0 Å². The van der Waals surface area contributed by atoms with Crippen LogP contribution >= 0.6 is 11.6 Å². The number of nitrogens with zero attached hydrogens (tertiary/aromatic N) is 2. The van der Waals surface area contributed by atoms with Gasteiger partial charge in [0.2, 0.25) is 10.0 Å². The third-order valence-corrected chi connectivity index (χ3v) is 7.42. The van der Waals surface area contributed by atoms with E-state index in [0.717, 1.165) is 11.6 Å². The van der Waals surface area contributed by atoms with Crippen LogP contribution in [-0.4, -0.2) is 73.0 Å². The van der Waals surface area contributed by atoms with Crippen molar-refractivity contribution < 1.29 is 27.0 Å². The van der Waals surface area contributed by atoms with E-state index in [2.05, 4.69) is 10.8 Å². The van der Waals surface area contributed by atoms with Gasteiger partial charge in [-0.2, -0.15) is 5.26 Å². The predicted molar refractivity (Wildman–Crippen MR) is 133 cm³/mol. The fourth-order valence-electron chi connectivity index (χ4n) is 3.98. The second kappa shape index (κ2) is 12.8. The summed E-state index contributed by atoms with van der Waals surface area (Å²) in [5.41, 5.74) is 7.29. The Kier molecular flexibility index (Phi) is 10.0. The summed E-state index contributed by atoms with van der Waals surface area (Å²) in [6.07, 6.45) is -0.0615. The first-order valence-electron chi connectivity index (χ1n) is 11.4. The molecule has 0 aliphatic heterocycles. The van der Waals surface area contributed by atoms with Crippen LogP contribution in [0.5, 0.6) is 5.75 Å². The molecule has 2 aromatic carbocycles. The van der Waals surface area contributed by atoms with E-state index < -0.39 is 21.9 Å². The molecule has 0 unspecified atom stereocenters. The lowest BCUT2D eigenvalue weighted by Gasteiger charge is -2.27. The van der Waals surface area contributed by atoms with Gasteiger partial charge in [-0.3, -0.25) is 0 Å². The largest absolute Gasteiger partial charge is 0.481 e. The van der Waals surface area contributed by atoms with E-state index in [0.29, 0.717) is 48.9 Å². The Morgan fingerprint density at radius 1 is 1.19 bits per heavy atom. The summed E-state index contributed by atoms with van der Waals surface area (Å²) in [6, 6.07) is 8.79. The van der Waals surface area contributed by atoms with Crippen LogP contribution < -0.4 is 15.2 Å². The van der Waals surface area contributed by atoms with Crippen LogP contribution in [0.4, 0.5) is 4.39 Å². The van der Waals surface area contributed by atoms with E-state index >= 15 is 0 Å². The molecule has 0 fully saturated rings. The van der Waals surface area contributed by atoms with E-state index in [1.54, 1.807) is 12.1 Å². The van der Waals surface area contributed by atoms with Crippen LogP contribution in [0.2, 0.25) is 5.02 Å². The van der Waals surface area contributed by atoms with Crippen molar-refractivity contribution in [2.45, 2.75) is 23.5 Å². The van der Waals surface area contributed by atoms with Gasteiger partial charge < -0.3 is 24.8 Å². The predicted octanol–water partition coefficient (Wildman–Crippen LogP) is 2.23. The van der Waals surface area contributed by atoms with Crippen molar-refractivity contribution in [1.29, 1.82) is 5.26 Å². The van der Waals surface area contributed by atoms with Gasteiger partial charge in [0.05, 0.1) is 49.0 Å². The van der Waals surface area contributed by atoms with Crippen LogP contribution in [0.1, 0.15) is 22.8 Å². The number of hydrogen-bond acceptors (Lipinski definition) is 8. The van der Waals surface area contributed by atoms with Crippen LogP contribution in [0.25, 0.3) is 0 Å². The van der Waals surface area contributed by atoms with Crippen molar-refractivity contribution in [2.24, 2.45) is 5.73 Å². The molecular weight excluding hydrogens is 511 g/mol. The van der Waals surface area contributed by atoms with Crippen molar-refractivity contribution in [3.63, 3.8) is 0 Å². The van der Waals surface area contributed by atoms with Gasteiger partial charge in [-0.15, -0.1) is 0 Å². The van der Waals surface area contributed by atoms with Crippen LogP contribution in [-0.2, 0) is 25.9 Å². The number of benzene rings is 2. The molecule has 0 amide bonds. The minimum Gasteiger partial charge on any atom is -0.481 e. The number of ether oxygens (including phenoxy) is 3. The number of sulfonamides is 1. The maximum atomic E-state index is 15.0. The zero-order valence-electron chi connectivity index (χ0n) is 20.2. The Morgan fingerprint density at radius 2 is 1.92 bits per heavy atom. The molecule has 0 saturated carbocycles. The van der Waals surface area contributed by atoms with Crippen molar-refractivity contribution >= 4 is 21.6 Å². The van der Waals surface area contributed by atoms with E-state index in [9.17, 15) is 18.1 Å². The van der Waals surface area contributed by atoms with Gasteiger partial charge in [-0.05, 0) is 62.0 Å². The molecule has 1 aliphatic rings. The molecular formula is C24H30ClFN4O5S. The van der Waals surface area contributed by atoms with Crippen molar-refractivity contribution in [1.82, 2.24) is 9.62 Å². The molecule has 0 aromatic heterocycles. The smallest absolute Gasteiger partial charge is 0.240 e. The number of fused-ring (bicyclic) bond motifs is 1. The van der Waals surface area contributed by atoms with Crippen LogP contribution in [0, 0.1) is 17.1 Å². The summed E-state index contributed by atoms with van der Waals surface area (Å²) in [7, 11) is -0.210. The summed E-state index contributed by atoms with van der Waals surface area (Å²) in [6.45, 7) is 1.67. The highest BCUT2D eigenvalue weighted by atomic mass is 35.5. The minimum atomic E-state index is -3.95. The van der Waals surface area contributed by atoms with Gasteiger partial charge in [0.25, 0.3) is 0 Å². The third kappa shape index (κ3) is 6.92. The molecule has 9 nitrogen and oxygen atoms in total. The molecule has 196 valence electrons. The lowest BCUT2D eigenvalue weighted by molar-refractivity contribution is 0.0530. The number of halogens is 2. The highest BCUT2D eigenvalue weighted by Crippen LogP contribution is 2.41. The summed E-state index contributed by atoms with van der Waals surface area (Å²) in [5.74, 6) is -0.919. The molecule has 12 heteroatoms. The molecule has 2 atom stereocenters. The molecule has 0 bridgehead atoms. The Bertz CT molecular complexity index is 1210. The van der Waals surface area contributed by atoms with Gasteiger partial charge >= 0.3 is 0 Å². The number of hydrogen-bond donors (Lipinski definition) is 2. The molecule has 3 N–H and O–H groups in total. The standard InChI is InChI=1S/C24H30ClFN4O5S/c1-30(2)22-14-19-16(15-28)11-17(25)12-20(19)24(22)35-23-4-3-18(13-21(23)26)36(31,32)29-6-8-34-10-9-33-7-5-27/h3-4,11-13,22,24,29H,5-10,14,27H2,1-2H3/t22-,24-/m0/s1. The highest BCUT2D eigenvalue weighted by molar-refractivity contribution is 7.89. The Balaban J connectivity index is 1.69. The van der Waals surface area contributed by atoms with Gasteiger partial charge in [-0.25, -0.2) is 17.5 Å². The maximum Gasteiger partial charge on any atom is 0.240 e. The highest BCUT2D eigenvalue weighted by Gasteiger charge is 2.38. The SMILES string of the molecule is CN(C)[C@H]1Cc2c(C#N)cc(Cl)cc2[C@@H]1Oc1ccc(S(=O)(=O)NCCOCCOCCN)cc1F. The summed E-state index contributed by atoms with van der Waals surface area (Å²) in [4.78, 5) is 1.71. The number of likely N-dealkylation sites (N-methyl/N-ethyl adjacent to an activating group) is 1. The first kappa shape index (κ1) is 28.3. The van der Waals surface area contributed by atoms with E-state index in [1.807, 2.05) is 19.0 Å². The molecule has 0 heterocycles. The molecule has 0 radical (unpaired) electrons. The van der Waals surface area contributed by atoms with Crippen molar-refractivity contribution in [3.8, 4) is 11.8 Å². The summed E-state index contributed by atoms with van der Waals surface area (Å²) in [5, 5.41) is 9.90. The Morgan fingerprint density at radius 3 is 2.56 bits per heavy atom. The summed E-state index contributed by atoms with van der Waals surface area (Å²) >= 11 is 6.21. The normalized spacial score (nSPS) is 17.2. The molecule has 0 spiro atoms. The number of nitriles is 1. The van der Waals surface area contributed by atoms with Crippen molar-refractivity contribution in [3.05, 3.63) is 57.9 Å². The average Bonchev–Trinajstić information content (AvgIpc) is 3.19. The zero-order valence-corrected chi connectivity index (χ0v) is 21.7. The van der Waals surface area contributed by atoms with Gasteiger partial charge in [0.15, 0.2) is 11.6 Å². The Labute approximate surface area is 215 Å². The van der Waals surface area contributed by atoms with Crippen LogP contribution in [0.15, 0.2) is 35.2 Å². The number of nitrogens with one attached hydrogen (secondary N) is 1.